The molecule has 6 rings (SSSR count). The van der Waals surface area contributed by atoms with E-state index in [4.69, 9.17) is 9.41 Å². The van der Waals surface area contributed by atoms with E-state index in [1.807, 2.05) is 6.33 Å². The number of thiophene rings is 1. The summed E-state index contributed by atoms with van der Waals surface area (Å²) in [5, 5.41) is 1.89. The number of rotatable bonds is 6. The van der Waals surface area contributed by atoms with Crippen LogP contribution in [0.3, 0.4) is 0 Å². The third kappa shape index (κ3) is 4.87. The number of nitrogens with zero attached hydrogens (tertiary/aromatic N) is 4. The number of H-pyrrole nitrogens is 1. The van der Waals surface area contributed by atoms with E-state index in [0.29, 0.717) is 18.0 Å². The highest BCUT2D eigenvalue weighted by Gasteiger charge is 2.39. The zero-order valence-corrected chi connectivity index (χ0v) is 25.7. The smallest absolute Gasteiger partial charge is 0.261 e. The third-order valence-corrected chi connectivity index (χ3v) is 15.1. The van der Waals surface area contributed by atoms with Crippen molar-refractivity contribution < 1.29 is 4.43 Å². The maximum absolute atomic E-state index is 13.2. The van der Waals surface area contributed by atoms with Crippen molar-refractivity contribution in [2.75, 3.05) is 18.1 Å². The van der Waals surface area contributed by atoms with Crippen molar-refractivity contribution >= 4 is 46.6 Å². The summed E-state index contributed by atoms with van der Waals surface area (Å²) >= 11 is 1.69. The van der Waals surface area contributed by atoms with Crippen LogP contribution in [0, 0.1) is 0 Å². The molecular weight excluding hydrogens is 523 g/mol. The number of nitrogens with one attached hydrogen (secondary N) is 1. The minimum absolute atomic E-state index is 0.0730. The number of hydrogen-bond donors (Lipinski definition) is 1. The highest BCUT2D eigenvalue weighted by atomic mass is 32.1. The van der Waals surface area contributed by atoms with Crippen molar-refractivity contribution in [1.82, 2.24) is 19.5 Å². The van der Waals surface area contributed by atoms with Crippen molar-refractivity contribution in [3.63, 3.8) is 0 Å². The fourth-order valence-corrected chi connectivity index (χ4v) is 8.37. The van der Waals surface area contributed by atoms with Gasteiger partial charge in [-0.1, -0.05) is 46.1 Å². The number of fused-ring (bicyclic) bond motifs is 2. The van der Waals surface area contributed by atoms with E-state index >= 15 is 0 Å². The van der Waals surface area contributed by atoms with Gasteiger partial charge in [-0.3, -0.25) is 4.79 Å². The van der Waals surface area contributed by atoms with Crippen molar-refractivity contribution in [3.05, 3.63) is 41.2 Å². The van der Waals surface area contributed by atoms with Gasteiger partial charge in [-0.15, -0.1) is 11.3 Å². The normalized spacial score (nSPS) is 19.5. The Morgan fingerprint density at radius 1 is 1.10 bits per heavy atom. The first kappa shape index (κ1) is 26.7. The van der Waals surface area contributed by atoms with Crippen LogP contribution in [0.15, 0.2) is 35.6 Å². The fourth-order valence-electron chi connectivity index (χ4n) is 5.98. The second kappa shape index (κ2) is 10.2. The molecular formula is C30H41N5O2SSi. The average molecular weight is 564 g/mol. The first-order valence-electron chi connectivity index (χ1n) is 14.5. The number of imidazole rings is 1. The van der Waals surface area contributed by atoms with Crippen LogP contribution in [0.2, 0.25) is 18.1 Å². The Morgan fingerprint density at radius 2 is 1.90 bits per heavy atom. The van der Waals surface area contributed by atoms with Gasteiger partial charge in [0, 0.05) is 12.6 Å². The second-order valence-electron chi connectivity index (χ2n) is 12.9. The van der Waals surface area contributed by atoms with Crippen molar-refractivity contribution in [2.24, 2.45) is 0 Å². The lowest BCUT2D eigenvalue weighted by Crippen LogP contribution is -2.44. The molecule has 2 fully saturated rings. The third-order valence-electron chi connectivity index (χ3n) is 9.37. The summed E-state index contributed by atoms with van der Waals surface area (Å²) in [6.07, 6.45) is 12.1. The SMILES string of the molecule is CC(C)(C)[Si](C)(C)OC[C@H]1CCCN1c1sc(-c2ccc3c(c2)ncn3C2CCCCC2)c2nc[nH]c(=O)c12. The lowest BCUT2D eigenvalue weighted by molar-refractivity contribution is 0.263. The minimum Gasteiger partial charge on any atom is -0.415 e. The fraction of sp³-hybridized carbons (Fsp3) is 0.567. The van der Waals surface area contributed by atoms with Gasteiger partial charge in [0.1, 0.15) is 10.4 Å². The summed E-state index contributed by atoms with van der Waals surface area (Å²) in [4.78, 5) is 29.0. The second-order valence-corrected chi connectivity index (χ2v) is 18.7. The molecule has 2 aliphatic rings. The van der Waals surface area contributed by atoms with Gasteiger partial charge in [-0.2, -0.15) is 0 Å². The molecule has 1 saturated carbocycles. The van der Waals surface area contributed by atoms with Crippen molar-refractivity contribution in [1.29, 1.82) is 0 Å². The first-order chi connectivity index (χ1) is 18.6. The molecule has 0 unspecified atom stereocenters. The minimum atomic E-state index is -1.86. The summed E-state index contributed by atoms with van der Waals surface area (Å²) in [6.45, 7) is 13.1. The molecule has 0 radical (unpaired) electrons. The number of hydrogen-bond acceptors (Lipinski definition) is 6. The van der Waals surface area contributed by atoms with E-state index in [-0.39, 0.29) is 16.6 Å². The molecule has 1 aliphatic heterocycles. The van der Waals surface area contributed by atoms with Crippen LogP contribution >= 0.6 is 11.3 Å². The Morgan fingerprint density at radius 3 is 2.67 bits per heavy atom. The summed E-state index contributed by atoms with van der Waals surface area (Å²) in [7, 11) is -1.86. The maximum atomic E-state index is 13.2. The van der Waals surface area contributed by atoms with Crippen LogP contribution in [0.5, 0.6) is 0 Å². The highest BCUT2D eigenvalue weighted by Crippen LogP contribution is 2.45. The Hall–Kier alpha value is -2.49. The number of aromatic amines is 1. The zero-order chi connectivity index (χ0) is 27.4. The van der Waals surface area contributed by atoms with E-state index in [2.05, 4.69) is 71.5 Å². The lowest BCUT2D eigenvalue weighted by atomic mass is 9.95. The number of benzene rings is 1. The lowest BCUT2D eigenvalue weighted by Gasteiger charge is -2.38. The summed E-state index contributed by atoms with van der Waals surface area (Å²) in [5.74, 6) is 0. The molecule has 3 aromatic heterocycles. The van der Waals surface area contributed by atoms with Crippen LogP contribution in [-0.2, 0) is 4.43 Å². The van der Waals surface area contributed by atoms with E-state index in [1.54, 1.807) is 11.3 Å². The largest absolute Gasteiger partial charge is 0.415 e. The standard InChI is InChI=1S/C30H41N5O2SSi/c1-30(2,3)39(4,5)37-17-22-12-9-15-34(22)29-25-26(31-18-32-28(25)36)27(38-29)20-13-14-24-23(16-20)33-19-35(24)21-10-7-6-8-11-21/h13-14,16,18-19,21-22H,6-12,15,17H2,1-5H3,(H,31,32,36)/t22-/m1/s1. The molecule has 7 nitrogen and oxygen atoms in total. The summed E-state index contributed by atoms with van der Waals surface area (Å²) in [5.41, 5.74) is 3.98. The van der Waals surface area contributed by atoms with Gasteiger partial charge in [-0.05, 0) is 61.5 Å². The molecule has 0 spiro atoms. The predicted molar refractivity (Wildman–Crippen MR) is 165 cm³/mol. The number of anilines is 1. The van der Waals surface area contributed by atoms with E-state index < -0.39 is 8.32 Å². The molecule has 1 aliphatic carbocycles. The Kier molecular flexibility index (Phi) is 6.96. The molecule has 4 aromatic rings. The molecule has 1 atom stereocenters. The van der Waals surface area contributed by atoms with Crippen LogP contribution in [0.4, 0.5) is 5.00 Å². The average Bonchev–Trinajstić information content (AvgIpc) is 3.64. The van der Waals surface area contributed by atoms with E-state index in [0.717, 1.165) is 45.9 Å². The van der Waals surface area contributed by atoms with Crippen molar-refractivity contribution in [2.45, 2.75) is 95.9 Å². The Labute approximate surface area is 235 Å². The number of aromatic nitrogens is 4. The highest BCUT2D eigenvalue weighted by molar-refractivity contribution is 7.21. The molecule has 39 heavy (non-hydrogen) atoms. The van der Waals surface area contributed by atoms with Crippen LogP contribution in [-0.4, -0.2) is 47.0 Å². The molecule has 1 N–H and O–H groups in total. The molecule has 4 heterocycles. The molecule has 9 heteroatoms. The van der Waals surface area contributed by atoms with Gasteiger partial charge < -0.3 is 18.9 Å². The van der Waals surface area contributed by atoms with Gasteiger partial charge in [0.15, 0.2) is 8.32 Å². The topological polar surface area (TPSA) is 76.0 Å². The van der Waals surface area contributed by atoms with Gasteiger partial charge in [-0.25, -0.2) is 9.97 Å². The van der Waals surface area contributed by atoms with Gasteiger partial charge in [0.25, 0.3) is 5.56 Å². The molecule has 1 saturated heterocycles. The van der Waals surface area contributed by atoms with Gasteiger partial charge in [0.2, 0.25) is 0 Å². The molecule has 1 aromatic carbocycles. The zero-order valence-electron chi connectivity index (χ0n) is 23.9. The monoisotopic (exact) mass is 563 g/mol. The van der Waals surface area contributed by atoms with Crippen molar-refractivity contribution in [3.8, 4) is 10.4 Å². The summed E-state index contributed by atoms with van der Waals surface area (Å²) < 4.78 is 9.02. The van der Waals surface area contributed by atoms with Crippen LogP contribution < -0.4 is 10.5 Å². The van der Waals surface area contributed by atoms with Gasteiger partial charge >= 0.3 is 0 Å². The first-order valence-corrected chi connectivity index (χ1v) is 18.2. The molecule has 0 bridgehead atoms. The van der Waals surface area contributed by atoms with E-state index in [1.165, 1.54) is 43.9 Å². The van der Waals surface area contributed by atoms with Gasteiger partial charge in [0.05, 0.1) is 46.7 Å². The Bertz CT molecular complexity index is 1540. The summed E-state index contributed by atoms with van der Waals surface area (Å²) in [6, 6.07) is 7.38. The quantitative estimate of drug-likeness (QED) is 0.246. The van der Waals surface area contributed by atoms with E-state index in [9.17, 15) is 4.79 Å². The van der Waals surface area contributed by atoms with Crippen LogP contribution in [0.25, 0.3) is 32.4 Å². The predicted octanol–water partition coefficient (Wildman–Crippen LogP) is 7.50. The maximum Gasteiger partial charge on any atom is 0.261 e. The van der Waals surface area contributed by atoms with Crippen LogP contribution in [0.1, 0.15) is 71.8 Å². The Balaban J connectivity index is 1.36. The molecule has 208 valence electrons. The molecule has 0 amide bonds.